The minimum Gasteiger partial charge on any atom is -0.493 e. The van der Waals surface area contributed by atoms with Crippen molar-refractivity contribution in [1.82, 2.24) is 14.6 Å². The lowest BCUT2D eigenvalue weighted by atomic mass is 10.1. The van der Waals surface area contributed by atoms with Crippen molar-refractivity contribution < 1.29 is 23.7 Å². The number of esters is 1. The van der Waals surface area contributed by atoms with Gasteiger partial charge in [0.25, 0.3) is 5.56 Å². The van der Waals surface area contributed by atoms with E-state index < -0.39 is 0 Å². The van der Waals surface area contributed by atoms with Gasteiger partial charge in [0.2, 0.25) is 10.7 Å². The Morgan fingerprint density at radius 1 is 1.10 bits per heavy atom. The number of hydrogen-bond acceptors (Lipinski definition) is 9. The van der Waals surface area contributed by atoms with Crippen LogP contribution in [-0.4, -0.2) is 41.9 Å². The van der Waals surface area contributed by atoms with Crippen molar-refractivity contribution >= 4 is 22.3 Å². The van der Waals surface area contributed by atoms with Gasteiger partial charge in [0.1, 0.15) is 6.61 Å². The maximum absolute atomic E-state index is 12.1. The number of aryl methyl sites for hydroxylation is 2. The molecule has 0 N–H and O–H groups in total. The number of carbonyl (C=O) groups excluding carboxylic acids is 1. The van der Waals surface area contributed by atoms with E-state index in [0.717, 1.165) is 5.56 Å². The molecule has 0 saturated carbocycles. The molecular weight excluding hydrogens is 398 g/mol. The van der Waals surface area contributed by atoms with Crippen molar-refractivity contribution in [3.8, 4) is 17.2 Å². The molecule has 3 aromatic rings. The second-order valence-corrected chi connectivity index (χ2v) is 7.16. The van der Waals surface area contributed by atoms with Crippen LogP contribution >= 0.6 is 11.3 Å². The van der Waals surface area contributed by atoms with Gasteiger partial charge in [-0.1, -0.05) is 11.3 Å². The molecule has 0 aliphatic rings. The molecule has 2 aromatic heterocycles. The number of methoxy groups -OCH3 is 3. The Kier molecular flexibility index (Phi) is 6.32. The molecule has 1 aromatic carbocycles. The molecule has 9 nitrogen and oxygen atoms in total. The van der Waals surface area contributed by atoms with Crippen molar-refractivity contribution in [2.75, 3.05) is 21.3 Å². The molecule has 154 valence electrons. The van der Waals surface area contributed by atoms with E-state index in [-0.39, 0.29) is 24.6 Å². The molecule has 29 heavy (non-hydrogen) atoms. The lowest BCUT2D eigenvalue weighted by Crippen LogP contribution is -2.14. The number of hydrogen-bond donors (Lipinski definition) is 0. The van der Waals surface area contributed by atoms with Gasteiger partial charge in [-0.25, -0.2) is 4.98 Å². The maximum Gasteiger partial charge on any atom is 0.306 e. The summed E-state index contributed by atoms with van der Waals surface area (Å²) < 4.78 is 22.4. The van der Waals surface area contributed by atoms with Gasteiger partial charge in [-0.05, 0) is 31.0 Å². The molecule has 0 atom stereocenters. The number of nitrogens with zero attached hydrogens (tertiary/aromatic N) is 3. The number of ether oxygens (including phenoxy) is 4. The van der Waals surface area contributed by atoms with E-state index in [1.807, 2.05) is 0 Å². The molecule has 0 fully saturated rings. The Balaban J connectivity index is 1.62. The maximum atomic E-state index is 12.1. The lowest BCUT2D eigenvalue weighted by molar-refractivity contribution is -0.144. The number of rotatable bonds is 8. The zero-order chi connectivity index (χ0) is 21.0. The molecule has 0 bridgehead atoms. The second-order valence-electron chi connectivity index (χ2n) is 6.12. The van der Waals surface area contributed by atoms with E-state index >= 15 is 0 Å². The Bertz CT molecular complexity index is 1070. The molecular formula is C19H21N3O6S. The zero-order valence-electron chi connectivity index (χ0n) is 16.6. The molecule has 0 unspecified atom stereocenters. The van der Waals surface area contributed by atoms with Crippen LogP contribution in [0.25, 0.3) is 4.96 Å². The van der Waals surface area contributed by atoms with Crippen LogP contribution in [0, 0.1) is 6.92 Å². The highest BCUT2D eigenvalue weighted by Crippen LogP contribution is 2.38. The summed E-state index contributed by atoms with van der Waals surface area (Å²) in [7, 11) is 4.61. The van der Waals surface area contributed by atoms with Gasteiger partial charge in [-0.3, -0.25) is 9.59 Å². The van der Waals surface area contributed by atoms with Crippen LogP contribution in [0.15, 0.2) is 23.0 Å². The first-order chi connectivity index (χ1) is 13.9. The second kappa shape index (κ2) is 8.91. The van der Waals surface area contributed by atoms with Crippen LogP contribution < -0.4 is 19.8 Å². The van der Waals surface area contributed by atoms with Crippen LogP contribution in [0.1, 0.15) is 22.7 Å². The summed E-state index contributed by atoms with van der Waals surface area (Å²) >= 11 is 1.21. The summed E-state index contributed by atoms with van der Waals surface area (Å²) in [6.07, 6.45) is 0.608. The Morgan fingerprint density at radius 2 is 1.79 bits per heavy atom. The van der Waals surface area contributed by atoms with Gasteiger partial charge in [-0.2, -0.15) is 9.61 Å². The Hall–Kier alpha value is -3.14. The standard InChI is InChI=1S/C19H21N3O6S/c1-11-7-16(23)22-19(20-11)29-15(21-22)10-28-17(24)6-5-12-8-13(25-2)18(27-4)14(9-12)26-3/h7-9H,5-6,10H2,1-4H3. The number of fused-ring (bicyclic) bond motifs is 1. The summed E-state index contributed by atoms with van der Waals surface area (Å²) in [5, 5.41) is 4.65. The van der Waals surface area contributed by atoms with E-state index in [4.69, 9.17) is 18.9 Å². The number of carbonyl (C=O) groups is 1. The van der Waals surface area contributed by atoms with Gasteiger partial charge in [0.05, 0.1) is 21.3 Å². The van der Waals surface area contributed by atoms with Crippen LogP contribution in [0.5, 0.6) is 17.2 Å². The molecule has 0 spiro atoms. The summed E-state index contributed by atoms with van der Waals surface area (Å²) in [6, 6.07) is 4.99. The summed E-state index contributed by atoms with van der Waals surface area (Å²) in [6.45, 7) is 1.73. The summed E-state index contributed by atoms with van der Waals surface area (Å²) in [5.41, 5.74) is 1.21. The van der Waals surface area contributed by atoms with Crippen molar-refractivity contribution in [1.29, 1.82) is 0 Å². The van der Waals surface area contributed by atoms with Gasteiger partial charge < -0.3 is 18.9 Å². The molecule has 10 heteroatoms. The average Bonchev–Trinajstić information content (AvgIpc) is 3.13. The van der Waals surface area contributed by atoms with Gasteiger partial charge in [0, 0.05) is 18.2 Å². The molecule has 0 amide bonds. The molecule has 0 saturated heterocycles. The first kappa shape index (κ1) is 20.6. The lowest BCUT2D eigenvalue weighted by Gasteiger charge is -2.14. The van der Waals surface area contributed by atoms with Crippen molar-refractivity contribution in [2.45, 2.75) is 26.4 Å². The van der Waals surface area contributed by atoms with Crippen LogP contribution in [0.3, 0.4) is 0 Å². The highest BCUT2D eigenvalue weighted by atomic mass is 32.1. The van der Waals surface area contributed by atoms with Gasteiger partial charge >= 0.3 is 5.97 Å². The number of benzene rings is 1. The zero-order valence-corrected chi connectivity index (χ0v) is 17.4. The largest absolute Gasteiger partial charge is 0.493 e. The fraction of sp³-hybridized carbons (Fsp3) is 0.368. The third-order valence-corrected chi connectivity index (χ3v) is 5.00. The predicted molar refractivity (Wildman–Crippen MR) is 106 cm³/mol. The average molecular weight is 419 g/mol. The third kappa shape index (κ3) is 4.65. The quantitative estimate of drug-likeness (QED) is 0.512. The fourth-order valence-corrected chi connectivity index (χ4v) is 3.62. The van der Waals surface area contributed by atoms with E-state index in [1.54, 1.807) is 19.1 Å². The highest BCUT2D eigenvalue weighted by molar-refractivity contribution is 7.16. The topological polar surface area (TPSA) is 101 Å². The minimum absolute atomic E-state index is 0.0133. The first-order valence-corrected chi connectivity index (χ1v) is 9.57. The van der Waals surface area contributed by atoms with Crippen LogP contribution in [0.2, 0.25) is 0 Å². The molecule has 0 radical (unpaired) electrons. The van der Waals surface area contributed by atoms with E-state index in [1.165, 1.54) is 43.2 Å². The normalized spacial score (nSPS) is 10.8. The smallest absolute Gasteiger partial charge is 0.306 e. The first-order valence-electron chi connectivity index (χ1n) is 8.76. The minimum atomic E-state index is -0.380. The molecule has 3 rings (SSSR count). The van der Waals surface area contributed by atoms with E-state index in [2.05, 4.69) is 10.1 Å². The van der Waals surface area contributed by atoms with Gasteiger partial charge in [0.15, 0.2) is 16.5 Å². The summed E-state index contributed by atoms with van der Waals surface area (Å²) in [4.78, 5) is 28.8. The van der Waals surface area contributed by atoms with Crippen molar-refractivity contribution in [3.63, 3.8) is 0 Å². The molecule has 0 aliphatic carbocycles. The monoisotopic (exact) mass is 419 g/mol. The van der Waals surface area contributed by atoms with Crippen molar-refractivity contribution in [3.05, 3.63) is 44.8 Å². The van der Waals surface area contributed by atoms with Gasteiger partial charge in [-0.15, -0.1) is 0 Å². The van der Waals surface area contributed by atoms with Crippen molar-refractivity contribution in [2.24, 2.45) is 0 Å². The number of aromatic nitrogens is 3. The Labute approximate surface area is 170 Å². The highest BCUT2D eigenvalue weighted by Gasteiger charge is 2.15. The molecule has 2 heterocycles. The molecule has 0 aliphatic heterocycles. The summed E-state index contributed by atoms with van der Waals surface area (Å²) in [5.74, 6) is 1.17. The van der Waals surface area contributed by atoms with Crippen LogP contribution in [-0.2, 0) is 22.6 Å². The van der Waals surface area contributed by atoms with Crippen LogP contribution in [0.4, 0.5) is 0 Å². The Morgan fingerprint density at radius 3 is 2.41 bits per heavy atom. The fourth-order valence-electron chi connectivity index (χ4n) is 2.76. The third-order valence-electron chi connectivity index (χ3n) is 4.11. The van der Waals surface area contributed by atoms with E-state index in [0.29, 0.717) is 39.3 Å². The SMILES string of the molecule is COc1cc(CCC(=O)OCc2nn3c(=O)cc(C)nc3s2)cc(OC)c1OC. The predicted octanol–water partition coefficient (Wildman–Crippen LogP) is 2.16. The van der Waals surface area contributed by atoms with E-state index in [9.17, 15) is 9.59 Å².